The molecule has 0 saturated heterocycles. The van der Waals surface area contributed by atoms with E-state index in [0.29, 0.717) is 5.92 Å². The number of aromatic nitrogens is 1. The lowest BCUT2D eigenvalue weighted by molar-refractivity contribution is 0.501. The van der Waals surface area contributed by atoms with E-state index in [9.17, 15) is 0 Å². The van der Waals surface area contributed by atoms with Crippen molar-refractivity contribution in [2.75, 3.05) is 13.1 Å². The van der Waals surface area contributed by atoms with Gasteiger partial charge in [0, 0.05) is 17.3 Å². The summed E-state index contributed by atoms with van der Waals surface area (Å²) in [7, 11) is 0. The molecule has 1 N–H and O–H groups in total. The fraction of sp³-hybridized carbons (Fsp3) is 0.750. The van der Waals surface area contributed by atoms with Crippen molar-refractivity contribution in [3.8, 4) is 0 Å². The summed E-state index contributed by atoms with van der Waals surface area (Å²) in [5.41, 5.74) is 1.40. The highest BCUT2D eigenvalue weighted by molar-refractivity contribution is 7.11. The number of hydrogen-bond acceptors (Lipinski definition) is 3. The Morgan fingerprint density at radius 1 is 1.53 bits per heavy atom. The first-order valence-corrected chi connectivity index (χ1v) is 6.79. The van der Waals surface area contributed by atoms with Gasteiger partial charge in [-0.3, -0.25) is 0 Å². The van der Waals surface area contributed by atoms with Crippen molar-refractivity contribution in [1.29, 1.82) is 0 Å². The zero-order chi connectivity index (χ0) is 10.7. The van der Waals surface area contributed by atoms with Crippen LogP contribution in [0.25, 0.3) is 0 Å². The molecule has 0 aromatic carbocycles. The van der Waals surface area contributed by atoms with Crippen molar-refractivity contribution in [3.05, 3.63) is 15.6 Å². The average Bonchev–Trinajstić information content (AvgIpc) is 2.59. The summed E-state index contributed by atoms with van der Waals surface area (Å²) in [6.07, 6.45) is 5.13. The Kier molecular flexibility index (Phi) is 3.76. The zero-order valence-electron chi connectivity index (χ0n) is 9.68. The molecule has 0 amide bonds. The van der Waals surface area contributed by atoms with Crippen LogP contribution in [0.1, 0.15) is 47.7 Å². The third kappa shape index (κ3) is 2.58. The van der Waals surface area contributed by atoms with E-state index >= 15 is 0 Å². The van der Waals surface area contributed by atoms with E-state index in [-0.39, 0.29) is 0 Å². The minimum Gasteiger partial charge on any atom is -0.316 e. The third-order valence-electron chi connectivity index (χ3n) is 3.00. The molecule has 0 spiro atoms. The van der Waals surface area contributed by atoms with Crippen LogP contribution in [0.5, 0.6) is 0 Å². The van der Waals surface area contributed by atoms with Crippen molar-refractivity contribution >= 4 is 11.3 Å². The lowest BCUT2D eigenvalue weighted by Crippen LogP contribution is -2.24. The van der Waals surface area contributed by atoms with E-state index in [4.69, 9.17) is 0 Å². The number of nitrogens with zero attached hydrogens (tertiary/aromatic N) is 1. The molecule has 0 radical (unpaired) electrons. The minimum absolute atomic E-state index is 0.672. The molecule has 3 heteroatoms. The maximum Gasteiger partial charge on any atom is 0.0900 e. The molecule has 1 aromatic rings. The van der Waals surface area contributed by atoms with Crippen molar-refractivity contribution in [2.45, 2.75) is 45.4 Å². The number of thiazole rings is 1. The number of hydrogen-bond donors (Lipinski definition) is 1. The predicted octanol–water partition coefficient (Wildman–Crippen LogP) is 2.87. The highest BCUT2D eigenvalue weighted by atomic mass is 32.1. The molecule has 2 nitrogen and oxygen atoms in total. The number of rotatable bonds is 4. The SMILES string of the molecule is CCCNCC1CCCc2sc(C)nc21. The molecule has 1 aliphatic rings. The molecule has 1 atom stereocenters. The van der Waals surface area contributed by atoms with Crippen molar-refractivity contribution in [2.24, 2.45) is 0 Å². The molecule has 1 heterocycles. The first-order chi connectivity index (χ1) is 7.31. The lowest BCUT2D eigenvalue weighted by Gasteiger charge is -2.21. The van der Waals surface area contributed by atoms with Gasteiger partial charge in [-0.1, -0.05) is 6.92 Å². The average molecular weight is 224 g/mol. The Labute approximate surface area is 96.1 Å². The summed E-state index contributed by atoms with van der Waals surface area (Å²) in [6, 6.07) is 0. The number of nitrogens with one attached hydrogen (secondary N) is 1. The summed E-state index contributed by atoms with van der Waals surface area (Å²) in [4.78, 5) is 6.23. The molecule has 0 fully saturated rings. The van der Waals surface area contributed by atoms with Gasteiger partial charge in [0.2, 0.25) is 0 Å². The third-order valence-corrected chi connectivity index (χ3v) is 4.04. The number of fused-ring (bicyclic) bond motifs is 1. The first-order valence-electron chi connectivity index (χ1n) is 5.98. The van der Waals surface area contributed by atoms with Crippen molar-refractivity contribution < 1.29 is 0 Å². The molecule has 84 valence electrons. The molecule has 15 heavy (non-hydrogen) atoms. The van der Waals surface area contributed by atoms with Crippen LogP contribution in [0.15, 0.2) is 0 Å². The molecule has 1 unspecified atom stereocenters. The van der Waals surface area contributed by atoms with Crippen LogP contribution in [0.2, 0.25) is 0 Å². The largest absolute Gasteiger partial charge is 0.316 e. The summed E-state index contributed by atoms with van der Waals surface area (Å²) < 4.78 is 0. The Hall–Kier alpha value is -0.410. The fourth-order valence-corrected chi connectivity index (χ4v) is 3.34. The van der Waals surface area contributed by atoms with Gasteiger partial charge in [0.05, 0.1) is 10.7 Å². The van der Waals surface area contributed by atoms with Gasteiger partial charge < -0.3 is 5.32 Å². The van der Waals surface area contributed by atoms with E-state index in [1.807, 2.05) is 11.3 Å². The molecule has 2 rings (SSSR count). The molecule has 0 saturated carbocycles. The standard InChI is InChI=1S/C12H20N2S/c1-3-7-13-8-10-5-4-6-11-12(10)14-9(2)15-11/h10,13H,3-8H2,1-2H3. The van der Waals surface area contributed by atoms with Gasteiger partial charge in [-0.15, -0.1) is 11.3 Å². The molecule has 0 bridgehead atoms. The molecular formula is C12H20N2S. The van der Waals surface area contributed by atoms with E-state index in [2.05, 4.69) is 24.1 Å². The van der Waals surface area contributed by atoms with Gasteiger partial charge in [0.25, 0.3) is 0 Å². The van der Waals surface area contributed by atoms with Crippen molar-refractivity contribution in [1.82, 2.24) is 10.3 Å². The summed E-state index contributed by atoms with van der Waals surface area (Å²) in [5.74, 6) is 0.672. The molecule has 0 aliphatic heterocycles. The zero-order valence-corrected chi connectivity index (χ0v) is 10.5. The minimum atomic E-state index is 0.672. The summed E-state index contributed by atoms with van der Waals surface area (Å²) in [5, 5.41) is 4.76. The monoisotopic (exact) mass is 224 g/mol. The smallest absolute Gasteiger partial charge is 0.0900 e. The van der Waals surface area contributed by atoms with Gasteiger partial charge in [-0.05, 0) is 39.2 Å². The Balaban J connectivity index is 2.01. The van der Waals surface area contributed by atoms with E-state index < -0.39 is 0 Å². The fourth-order valence-electron chi connectivity index (χ4n) is 2.28. The van der Waals surface area contributed by atoms with Gasteiger partial charge in [-0.25, -0.2) is 4.98 Å². The highest BCUT2D eigenvalue weighted by Gasteiger charge is 2.23. The Morgan fingerprint density at radius 2 is 2.40 bits per heavy atom. The second kappa shape index (κ2) is 5.08. The predicted molar refractivity (Wildman–Crippen MR) is 65.7 cm³/mol. The Morgan fingerprint density at radius 3 is 3.20 bits per heavy atom. The van der Waals surface area contributed by atoms with Gasteiger partial charge in [0.1, 0.15) is 0 Å². The second-order valence-corrected chi connectivity index (χ2v) is 5.62. The lowest BCUT2D eigenvalue weighted by atomic mass is 9.91. The summed E-state index contributed by atoms with van der Waals surface area (Å²) >= 11 is 1.89. The molecule has 1 aliphatic carbocycles. The molecule has 1 aromatic heterocycles. The summed E-state index contributed by atoms with van der Waals surface area (Å²) in [6.45, 7) is 6.59. The topological polar surface area (TPSA) is 24.9 Å². The maximum absolute atomic E-state index is 4.69. The second-order valence-electron chi connectivity index (χ2n) is 4.33. The van der Waals surface area contributed by atoms with Crippen LogP contribution >= 0.6 is 11.3 Å². The van der Waals surface area contributed by atoms with Crippen LogP contribution in [0.3, 0.4) is 0 Å². The van der Waals surface area contributed by atoms with Crippen LogP contribution < -0.4 is 5.32 Å². The normalized spacial score (nSPS) is 20.3. The highest BCUT2D eigenvalue weighted by Crippen LogP contribution is 2.33. The quantitative estimate of drug-likeness (QED) is 0.796. The van der Waals surface area contributed by atoms with Gasteiger partial charge in [-0.2, -0.15) is 0 Å². The van der Waals surface area contributed by atoms with Crippen LogP contribution in [0, 0.1) is 6.92 Å². The Bertz CT molecular complexity index is 319. The first kappa shape index (κ1) is 11.1. The van der Waals surface area contributed by atoms with Crippen LogP contribution in [0.4, 0.5) is 0 Å². The van der Waals surface area contributed by atoms with E-state index in [0.717, 1.165) is 13.1 Å². The number of aryl methyl sites for hydroxylation is 2. The van der Waals surface area contributed by atoms with Gasteiger partial charge >= 0.3 is 0 Å². The maximum atomic E-state index is 4.69. The molecular weight excluding hydrogens is 204 g/mol. The van der Waals surface area contributed by atoms with Crippen molar-refractivity contribution in [3.63, 3.8) is 0 Å². The van der Waals surface area contributed by atoms with Crippen LogP contribution in [-0.2, 0) is 6.42 Å². The van der Waals surface area contributed by atoms with E-state index in [1.54, 1.807) is 4.88 Å². The van der Waals surface area contributed by atoms with E-state index in [1.165, 1.54) is 36.4 Å². The van der Waals surface area contributed by atoms with Crippen LogP contribution in [-0.4, -0.2) is 18.1 Å². The van der Waals surface area contributed by atoms with Gasteiger partial charge in [0.15, 0.2) is 0 Å².